The molecule has 132 valence electrons. The summed E-state index contributed by atoms with van der Waals surface area (Å²) in [6.07, 6.45) is 0.324. The molecule has 0 spiro atoms. The fourth-order valence-electron chi connectivity index (χ4n) is 2.75. The van der Waals surface area contributed by atoms with Gasteiger partial charge in [-0.2, -0.15) is 0 Å². The van der Waals surface area contributed by atoms with Crippen molar-refractivity contribution in [3.63, 3.8) is 0 Å². The molecule has 1 aliphatic heterocycles. The molecule has 0 saturated carbocycles. The molecule has 1 aliphatic rings. The summed E-state index contributed by atoms with van der Waals surface area (Å²) in [5, 5.41) is 6.62. The van der Waals surface area contributed by atoms with Crippen molar-refractivity contribution in [1.82, 2.24) is 10.6 Å². The quantitative estimate of drug-likeness (QED) is 0.859. The van der Waals surface area contributed by atoms with Gasteiger partial charge in [0.1, 0.15) is 5.82 Å². The minimum absolute atomic E-state index is 0.0193. The summed E-state index contributed by atoms with van der Waals surface area (Å²) in [5.74, 6) is -0.462. The Hall–Kier alpha value is -1.95. The van der Waals surface area contributed by atoms with Crippen molar-refractivity contribution in [1.29, 1.82) is 0 Å². The number of carbonyl (C=O) groups is 1. The average molecular weight is 363 g/mol. The molecule has 4 nitrogen and oxygen atoms in total. The van der Waals surface area contributed by atoms with Gasteiger partial charge in [0.2, 0.25) is 5.91 Å². The number of ether oxygens (including phenoxy) is 1. The molecular weight excluding hydrogens is 343 g/mol. The molecule has 1 atom stereocenters. The van der Waals surface area contributed by atoms with Crippen LogP contribution < -0.4 is 10.6 Å². The third kappa shape index (κ3) is 5.01. The van der Waals surface area contributed by atoms with Crippen LogP contribution in [0.15, 0.2) is 42.5 Å². The second-order valence-electron chi connectivity index (χ2n) is 6.02. The van der Waals surface area contributed by atoms with Gasteiger partial charge in [0.05, 0.1) is 13.2 Å². The fourth-order valence-corrected chi connectivity index (χ4v) is 2.88. The standard InChI is InChI=1S/C19H20ClFN2O2/c20-16-5-3-13(4-6-16)14-1-2-15(18(21)9-14)11-23-19(24)10-17-12-25-8-7-22-17/h1-6,9,17,22H,7-8,10-12H2,(H,23,24). The van der Waals surface area contributed by atoms with Crippen LogP contribution in [-0.4, -0.2) is 31.7 Å². The molecule has 25 heavy (non-hydrogen) atoms. The van der Waals surface area contributed by atoms with Crippen LogP contribution in [0.3, 0.4) is 0 Å². The van der Waals surface area contributed by atoms with Gasteiger partial charge in [-0.05, 0) is 29.3 Å². The number of halogens is 2. The van der Waals surface area contributed by atoms with E-state index in [0.29, 0.717) is 30.2 Å². The number of benzene rings is 2. The van der Waals surface area contributed by atoms with Crippen molar-refractivity contribution in [3.8, 4) is 11.1 Å². The Kier molecular flexibility index (Phi) is 6.02. The van der Waals surface area contributed by atoms with Crippen LogP contribution in [0.4, 0.5) is 4.39 Å². The maximum Gasteiger partial charge on any atom is 0.221 e. The van der Waals surface area contributed by atoms with Crippen molar-refractivity contribution >= 4 is 17.5 Å². The summed E-state index contributed by atoms with van der Waals surface area (Å²) >= 11 is 5.87. The molecule has 6 heteroatoms. The lowest BCUT2D eigenvalue weighted by Crippen LogP contribution is -2.44. The van der Waals surface area contributed by atoms with E-state index in [1.165, 1.54) is 6.07 Å². The van der Waals surface area contributed by atoms with Crippen molar-refractivity contribution in [2.75, 3.05) is 19.8 Å². The Morgan fingerprint density at radius 2 is 2.00 bits per heavy atom. The molecule has 1 saturated heterocycles. The van der Waals surface area contributed by atoms with E-state index in [-0.39, 0.29) is 24.3 Å². The zero-order valence-corrected chi connectivity index (χ0v) is 14.5. The number of hydrogen-bond acceptors (Lipinski definition) is 3. The van der Waals surface area contributed by atoms with Gasteiger partial charge in [-0.15, -0.1) is 0 Å². The monoisotopic (exact) mass is 362 g/mol. The summed E-state index contributed by atoms with van der Waals surface area (Å²) in [6.45, 7) is 2.11. The van der Waals surface area contributed by atoms with Gasteiger partial charge in [-0.3, -0.25) is 4.79 Å². The summed E-state index contributed by atoms with van der Waals surface area (Å²) in [5.41, 5.74) is 2.12. The van der Waals surface area contributed by atoms with Crippen LogP contribution in [0.2, 0.25) is 5.02 Å². The van der Waals surface area contributed by atoms with E-state index in [1.807, 2.05) is 18.2 Å². The summed E-state index contributed by atoms with van der Waals surface area (Å²) in [4.78, 5) is 12.0. The van der Waals surface area contributed by atoms with E-state index in [4.69, 9.17) is 16.3 Å². The van der Waals surface area contributed by atoms with Crippen LogP contribution >= 0.6 is 11.6 Å². The lowest BCUT2D eigenvalue weighted by molar-refractivity contribution is -0.122. The fraction of sp³-hybridized carbons (Fsp3) is 0.316. The Morgan fingerprint density at radius 1 is 1.24 bits per heavy atom. The molecule has 2 N–H and O–H groups in total. The van der Waals surface area contributed by atoms with Gasteiger partial charge < -0.3 is 15.4 Å². The molecule has 2 aromatic carbocycles. The van der Waals surface area contributed by atoms with Gasteiger partial charge in [-0.25, -0.2) is 4.39 Å². The van der Waals surface area contributed by atoms with E-state index in [2.05, 4.69) is 10.6 Å². The van der Waals surface area contributed by atoms with Gasteiger partial charge in [0.25, 0.3) is 0 Å². The molecule has 2 aromatic rings. The van der Waals surface area contributed by atoms with Crippen molar-refractivity contribution in [2.45, 2.75) is 19.0 Å². The van der Waals surface area contributed by atoms with E-state index in [9.17, 15) is 9.18 Å². The topological polar surface area (TPSA) is 50.4 Å². The molecule has 1 fully saturated rings. The first-order valence-corrected chi connectivity index (χ1v) is 8.62. The third-order valence-electron chi connectivity index (χ3n) is 4.14. The first-order chi connectivity index (χ1) is 12.1. The molecule has 1 heterocycles. The summed E-state index contributed by atoms with van der Waals surface area (Å²) < 4.78 is 19.6. The molecule has 1 unspecified atom stereocenters. The Morgan fingerprint density at radius 3 is 2.68 bits per heavy atom. The highest BCUT2D eigenvalue weighted by Gasteiger charge is 2.17. The van der Waals surface area contributed by atoms with Crippen LogP contribution in [-0.2, 0) is 16.1 Å². The van der Waals surface area contributed by atoms with Crippen LogP contribution in [0, 0.1) is 5.82 Å². The molecule has 0 aromatic heterocycles. The number of rotatable bonds is 5. The number of amides is 1. The van der Waals surface area contributed by atoms with E-state index >= 15 is 0 Å². The van der Waals surface area contributed by atoms with Crippen LogP contribution in [0.5, 0.6) is 0 Å². The molecule has 0 aliphatic carbocycles. The van der Waals surface area contributed by atoms with Crippen molar-refractivity contribution in [3.05, 3.63) is 58.9 Å². The summed E-state index contributed by atoms with van der Waals surface area (Å²) in [6, 6.07) is 12.3. The van der Waals surface area contributed by atoms with E-state index in [1.54, 1.807) is 18.2 Å². The maximum absolute atomic E-state index is 14.3. The number of carbonyl (C=O) groups excluding carboxylic acids is 1. The Bertz CT molecular complexity index is 731. The number of morpholine rings is 1. The molecule has 1 amide bonds. The molecule has 0 bridgehead atoms. The van der Waals surface area contributed by atoms with E-state index < -0.39 is 0 Å². The third-order valence-corrected chi connectivity index (χ3v) is 4.39. The van der Waals surface area contributed by atoms with Crippen LogP contribution in [0.25, 0.3) is 11.1 Å². The minimum Gasteiger partial charge on any atom is -0.378 e. The lowest BCUT2D eigenvalue weighted by atomic mass is 10.0. The van der Waals surface area contributed by atoms with Gasteiger partial charge >= 0.3 is 0 Å². The maximum atomic E-state index is 14.3. The Balaban J connectivity index is 1.57. The van der Waals surface area contributed by atoms with Gasteiger partial charge in [0.15, 0.2) is 0 Å². The first-order valence-electron chi connectivity index (χ1n) is 8.24. The predicted octanol–water partition coefficient (Wildman–Crippen LogP) is 3.14. The Labute approximate surface area is 151 Å². The lowest BCUT2D eigenvalue weighted by Gasteiger charge is -2.23. The predicted molar refractivity (Wildman–Crippen MR) is 95.9 cm³/mol. The largest absolute Gasteiger partial charge is 0.378 e. The highest BCUT2D eigenvalue weighted by atomic mass is 35.5. The zero-order valence-electron chi connectivity index (χ0n) is 13.7. The second-order valence-corrected chi connectivity index (χ2v) is 6.46. The first kappa shape index (κ1) is 17.9. The van der Waals surface area contributed by atoms with E-state index in [0.717, 1.165) is 17.7 Å². The number of nitrogens with one attached hydrogen (secondary N) is 2. The van der Waals surface area contributed by atoms with Gasteiger partial charge in [-0.1, -0.05) is 35.9 Å². The average Bonchev–Trinajstić information content (AvgIpc) is 2.62. The SMILES string of the molecule is O=C(CC1COCCN1)NCc1ccc(-c2ccc(Cl)cc2)cc1F. The van der Waals surface area contributed by atoms with Gasteiger partial charge in [0, 0.05) is 36.1 Å². The molecular formula is C19H20ClFN2O2. The smallest absolute Gasteiger partial charge is 0.221 e. The molecule has 3 rings (SSSR count). The van der Waals surface area contributed by atoms with Crippen LogP contribution in [0.1, 0.15) is 12.0 Å². The molecule has 0 radical (unpaired) electrons. The van der Waals surface area contributed by atoms with Crippen molar-refractivity contribution < 1.29 is 13.9 Å². The minimum atomic E-state index is -0.341. The van der Waals surface area contributed by atoms with Crippen molar-refractivity contribution in [2.24, 2.45) is 0 Å². The zero-order chi connectivity index (χ0) is 17.6. The highest BCUT2D eigenvalue weighted by molar-refractivity contribution is 6.30. The summed E-state index contributed by atoms with van der Waals surface area (Å²) in [7, 11) is 0. The number of hydrogen-bond donors (Lipinski definition) is 2. The second kappa shape index (κ2) is 8.43. The highest BCUT2D eigenvalue weighted by Crippen LogP contribution is 2.23. The normalized spacial score (nSPS) is 17.3.